The van der Waals surface area contributed by atoms with E-state index >= 15 is 0 Å². The highest BCUT2D eigenvalue weighted by molar-refractivity contribution is 7.89. The minimum absolute atomic E-state index is 0.0378. The Morgan fingerprint density at radius 1 is 0.893 bits per heavy atom. The maximum Gasteiger partial charge on any atom is 0.255 e. The molecule has 0 bridgehead atoms. The third-order valence-corrected chi connectivity index (χ3v) is 5.27. The van der Waals surface area contributed by atoms with Crippen LogP contribution in [0.2, 0.25) is 0 Å². The van der Waals surface area contributed by atoms with Gasteiger partial charge in [0.15, 0.2) is 0 Å². The summed E-state index contributed by atoms with van der Waals surface area (Å²) in [5.74, 6) is -0.550. The summed E-state index contributed by atoms with van der Waals surface area (Å²) in [7, 11) is -3.57. The molecule has 2 amide bonds. The van der Waals surface area contributed by atoms with Crippen LogP contribution in [0.4, 0.5) is 5.69 Å². The van der Waals surface area contributed by atoms with E-state index in [-0.39, 0.29) is 22.8 Å². The number of hydrogen-bond acceptors (Lipinski definition) is 4. The molecule has 0 saturated heterocycles. The van der Waals surface area contributed by atoms with Crippen LogP contribution in [0.5, 0.6) is 0 Å². The summed E-state index contributed by atoms with van der Waals surface area (Å²) in [4.78, 5) is 24.4. The lowest BCUT2D eigenvalue weighted by molar-refractivity contribution is 0.0942. The average molecular weight is 404 g/mol. The summed E-state index contributed by atoms with van der Waals surface area (Å²) in [6.45, 7) is 5.99. The minimum Gasteiger partial charge on any atom is -0.350 e. The molecule has 3 N–H and O–H groups in total. The topological polar surface area (TPSA) is 104 Å². The maximum atomic E-state index is 12.4. The molecule has 2 aromatic rings. The van der Waals surface area contributed by atoms with Crippen molar-refractivity contribution in [2.75, 3.05) is 11.9 Å². The third-order valence-electron chi connectivity index (χ3n) is 3.79. The van der Waals surface area contributed by atoms with Crippen LogP contribution in [-0.2, 0) is 10.0 Å². The van der Waals surface area contributed by atoms with Crippen molar-refractivity contribution in [3.63, 3.8) is 0 Å². The van der Waals surface area contributed by atoms with Crippen molar-refractivity contribution >= 4 is 27.5 Å². The van der Waals surface area contributed by atoms with Crippen molar-refractivity contribution in [3.05, 3.63) is 59.7 Å². The zero-order chi connectivity index (χ0) is 20.7. The zero-order valence-electron chi connectivity index (χ0n) is 16.2. The SMILES string of the molecule is CCCNS(=O)(=O)c1ccc(C(=O)Nc2ccc(C(=O)NC(C)C)cc2)cc1. The Bertz CT molecular complexity index is 921. The van der Waals surface area contributed by atoms with Crippen LogP contribution >= 0.6 is 0 Å². The lowest BCUT2D eigenvalue weighted by Crippen LogP contribution is -2.30. The van der Waals surface area contributed by atoms with Crippen LogP contribution in [0.1, 0.15) is 47.9 Å². The van der Waals surface area contributed by atoms with E-state index in [0.29, 0.717) is 29.8 Å². The molecular formula is C20H25N3O4S. The van der Waals surface area contributed by atoms with Crippen molar-refractivity contribution < 1.29 is 18.0 Å². The van der Waals surface area contributed by atoms with Crippen LogP contribution in [0, 0.1) is 0 Å². The Balaban J connectivity index is 2.04. The average Bonchev–Trinajstić information content (AvgIpc) is 2.66. The van der Waals surface area contributed by atoms with E-state index in [1.165, 1.54) is 24.3 Å². The predicted molar refractivity (Wildman–Crippen MR) is 109 cm³/mol. The summed E-state index contributed by atoms with van der Waals surface area (Å²) in [6.07, 6.45) is 0.692. The van der Waals surface area contributed by atoms with Gasteiger partial charge in [-0.3, -0.25) is 9.59 Å². The number of hydrogen-bond donors (Lipinski definition) is 3. The van der Waals surface area contributed by atoms with Crippen LogP contribution < -0.4 is 15.4 Å². The molecule has 8 heteroatoms. The van der Waals surface area contributed by atoms with Crippen molar-refractivity contribution in [2.24, 2.45) is 0 Å². The minimum atomic E-state index is -3.57. The number of carbonyl (C=O) groups excluding carboxylic acids is 2. The van der Waals surface area contributed by atoms with Crippen molar-refractivity contribution in [2.45, 2.75) is 38.1 Å². The van der Waals surface area contributed by atoms with E-state index in [1.807, 2.05) is 20.8 Å². The fourth-order valence-corrected chi connectivity index (χ4v) is 3.49. The molecule has 0 spiro atoms. The van der Waals surface area contributed by atoms with E-state index in [9.17, 15) is 18.0 Å². The van der Waals surface area contributed by atoms with Crippen molar-refractivity contribution in [3.8, 4) is 0 Å². The molecule has 2 rings (SSSR count). The van der Waals surface area contributed by atoms with Gasteiger partial charge in [-0.05, 0) is 68.8 Å². The fourth-order valence-electron chi connectivity index (χ4n) is 2.36. The molecule has 0 aromatic heterocycles. The molecule has 0 aliphatic rings. The molecule has 0 saturated carbocycles. The molecule has 28 heavy (non-hydrogen) atoms. The zero-order valence-corrected chi connectivity index (χ0v) is 17.0. The number of anilines is 1. The summed E-state index contributed by atoms with van der Waals surface area (Å²) < 4.78 is 26.6. The molecule has 0 radical (unpaired) electrons. The molecule has 150 valence electrons. The Morgan fingerprint density at radius 3 is 1.96 bits per heavy atom. The van der Waals surface area contributed by atoms with Crippen LogP contribution in [0.25, 0.3) is 0 Å². The number of rotatable bonds is 8. The first-order chi connectivity index (χ1) is 13.2. The number of carbonyl (C=O) groups is 2. The Kier molecular flexibility index (Phi) is 7.31. The van der Waals surface area contributed by atoms with Gasteiger partial charge in [0.25, 0.3) is 11.8 Å². The van der Waals surface area contributed by atoms with Gasteiger partial charge in [0.2, 0.25) is 10.0 Å². The van der Waals surface area contributed by atoms with E-state index in [1.54, 1.807) is 24.3 Å². The third kappa shape index (κ3) is 5.90. The van der Waals surface area contributed by atoms with E-state index in [0.717, 1.165) is 0 Å². The van der Waals surface area contributed by atoms with Gasteiger partial charge < -0.3 is 10.6 Å². The second-order valence-corrected chi connectivity index (χ2v) is 8.35. The Labute approximate surface area is 165 Å². The van der Waals surface area contributed by atoms with E-state index < -0.39 is 10.0 Å². The summed E-state index contributed by atoms with van der Waals surface area (Å²) in [5, 5.41) is 5.52. The molecule has 0 aliphatic carbocycles. The summed E-state index contributed by atoms with van der Waals surface area (Å²) in [6, 6.07) is 12.3. The van der Waals surface area contributed by atoms with Crippen LogP contribution in [0.15, 0.2) is 53.4 Å². The molecule has 0 atom stereocenters. The highest BCUT2D eigenvalue weighted by Gasteiger charge is 2.14. The quantitative estimate of drug-likeness (QED) is 0.630. The molecule has 7 nitrogen and oxygen atoms in total. The Morgan fingerprint density at radius 2 is 1.43 bits per heavy atom. The number of sulfonamides is 1. The lowest BCUT2D eigenvalue weighted by atomic mass is 10.1. The number of amides is 2. The first-order valence-electron chi connectivity index (χ1n) is 9.05. The summed E-state index contributed by atoms with van der Waals surface area (Å²) >= 11 is 0. The monoisotopic (exact) mass is 403 g/mol. The molecule has 0 fully saturated rings. The van der Waals surface area contributed by atoms with E-state index in [4.69, 9.17) is 0 Å². The first-order valence-corrected chi connectivity index (χ1v) is 10.5. The van der Waals surface area contributed by atoms with Gasteiger partial charge >= 0.3 is 0 Å². The van der Waals surface area contributed by atoms with Gasteiger partial charge in [-0.1, -0.05) is 6.92 Å². The Hall–Kier alpha value is -2.71. The molecule has 0 aliphatic heterocycles. The van der Waals surface area contributed by atoms with Crippen molar-refractivity contribution in [1.82, 2.24) is 10.0 Å². The molecule has 0 unspecified atom stereocenters. The second-order valence-electron chi connectivity index (χ2n) is 6.58. The largest absolute Gasteiger partial charge is 0.350 e. The van der Waals surface area contributed by atoms with Gasteiger partial charge in [0.05, 0.1) is 4.90 Å². The molecule has 0 heterocycles. The smallest absolute Gasteiger partial charge is 0.255 e. The van der Waals surface area contributed by atoms with Gasteiger partial charge in [-0.15, -0.1) is 0 Å². The van der Waals surface area contributed by atoms with Crippen LogP contribution in [-0.4, -0.2) is 32.8 Å². The van der Waals surface area contributed by atoms with Gasteiger partial charge in [0.1, 0.15) is 0 Å². The second kappa shape index (κ2) is 9.48. The number of nitrogens with one attached hydrogen (secondary N) is 3. The van der Waals surface area contributed by atoms with Gasteiger partial charge in [0, 0.05) is 29.4 Å². The lowest BCUT2D eigenvalue weighted by Gasteiger charge is -2.10. The highest BCUT2D eigenvalue weighted by atomic mass is 32.2. The normalized spacial score (nSPS) is 11.3. The summed E-state index contributed by atoms with van der Waals surface area (Å²) in [5.41, 5.74) is 1.37. The predicted octanol–water partition coefficient (Wildman–Crippen LogP) is 2.77. The van der Waals surface area contributed by atoms with Crippen molar-refractivity contribution in [1.29, 1.82) is 0 Å². The standard InChI is InChI=1S/C20H25N3O4S/c1-4-13-21-28(26,27)18-11-7-16(8-12-18)20(25)23-17-9-5-15(6-10-17)19(24)22-14(2)3/h5-12,14,21H,4,13H2,1-3H3,(H,22,24)(H,23,25). The molecular weight excluding hydrogens is 378 g/mol. The maximum absolute atomic E-state index is 12.4. The fraction of sp³-hybridized carbons (Fsp3) is 0.300. The van der Waals surface area contributed by atoms with E-state index in [2.05, 4.69) is 15.4 Å². The van der Waals surface area contributed by atoms with Gasteiger partial charge in [-0.2, -0.15) is 0 Å². The number of benzene rings is 2. The first kappa shape index (κ1) is 21.6. The van der Waals surface area contributed by atoms with Gasteiger partial charge in [-0.25, -0.2) is 13.1 Å². The highest BCUT2D eigenvalue weighted by Crippen LogP contribution is 2.14. The van der Waals surface area contributed by atoms with Crippen LogP contribution in [0.3, 0.4) is 0 Å². The molecule has 2 aromatic carbocycles.